The normalized spacial score (nSPS) is 16.6. The molecule has 0 saturated heterocycles. The first-order chi connectivity index (χ1) is 69.0. The summed E-state index contributed by atoms with van der Waals surface area (Å²) in [5.74, 6) is 4.71. The zero-order valence-corrected chi connectivity index (χ0v) is 93.9. The van der Waals surface area contributed by atoms with Gasteiger partial charge in [-0.05, 0) is 254 Å². The van der Waals surface area contributed by atoms with E-state index in [0.717, 1.165) is 124 Å². The highest BCUT2D eigenvalue weighted by molar-refractivity contribution is 7.93. The standard InChI is InChI=1S/3C24H33NO4S.C14H21NO.C14H19NO.C14H21N.C9H13N/c3*1-16(2)21-10-6-9-18(11-17-7-5-8-17)22(21)13-20(26)15-30(25,28)23-12-19(14-29-23)24(3,4)27;2*1-9(2)11-7-4-8-12(13(11)15)14(16)10-5-3-6-10;1-10(2)13-8-4-7-12(14(13)15)9-11-5-3-6-11;1-7(2)8-5-3-4-6-9(8)10/h3*6,9-10,12,14,16-17,25,27H,5,7-8,11,13,15H2,1-4H3;4,7-10,14,16H,3,5-6,15H2,1-2H3;4,7-10H,3,5-6,15H2,1-2H3;4,7-8,10-11H,3,5-6,9,15H2,1-2H3;3-7H,10H2,1-2H3/t2*30-;;;;;/m10...../s1. The molecule has 0 radical (unpaired) electrons. The number of nitrogen functional groups attached to an aromatic ring is 4. The Bertz CT molecular complexity index is 6010. The van der Waals surface area contributed by atoms with Gasteiger partial charge in [0.2, 0.25) is 0 Å². The van der Waals surface area contributed by atoms with Crippen LogP contribution in [0.4, 0.5) is 22.7 Å². The molecule has 15 N–H and O–H groups in total. The average molecular weight is 2070 g/mol. The largest absolute Gasteiger partial charge is 0.454 e. The molecule has 24 heteroatoms. The maximum Gasteiger partial charge on any atom is 0.199 e. The van der Waals surface area contributed by atoms with Gasteiger partial charge in [0.1, 0.15) is 29.2 Å². The quantitative estimate of drug-likeness (QED) is 0.0127. The number of ketones is 4. The Balaban J connectivity index is 0.000000181. The molecule has 4 atom stereocenters. The Morgan fingerprint density at radius 1 is 0.340 bits per heavy atom. The maximum absolute atomic E-state index is 12.9. The van der Waals surface area contributed by atoms with Crippen LogP contribution in [0, 0.1) is 49.8 Å². The van der Waals surface area contributed by atoms with E-state index in [2.05, 4.69) is 182 Å². The predicted molar refractivity (Wildman–Crippen MR) is 599 cm³/mol. The van der Waals surface area contributed by atoms with Crippen LogP contribution in [0.1, 0.15) is 412 Å². The lowest BCUT2D eigenvalue weighted by atomic mass is 9.78. The van der Waals surface area contributed by atoms with E-state index >= 15 is 0 Å². The summed E-state index contributed by atoms with van der Waals surface area (Å²) in [6, 6.07) is 49.3. The van der Waals surface area contributed by atoms with Gasteiger partial charge in [0.05, 0.1) is 59.0 Å². The van der Waals surface area contributed by atoms with Crippen molar-refractivity contribution in [2.45, 2.75) is 379 Å². The van der Waals surface area contributed by atoms with Crippen molar-refractivity contribution in [2.24, 2.45) is 35.5 Å². The topological polar surface area (TPSA) is 415 Å². The van der Waals surface area contributed by atoms with E-state index in [9.17, 15) is 52.2 Å². The van der Waals surface area contributed by atoms with E-state index in [1.807, 2.05) is 48.5 Å². The van der Waals surface area contributed by atoms with Crippen LogP contribution in [-0.4, -0.2) is 73.4 Å². The minimum atomic E-state index is -3.41. The van der Waals surface area contributed by atoms with Crippen molar-refractivity contribution in [3.8, 4) is 0 Å². The summed E-state index contributed by atoms with van der Waals surface area (Å²) < 4.78 is 79.5. The number of furan rings is 3. The number of benzene rings is 7. The molecule has 0 bridgehead atoms. The van der Waals surface area contributed by atoms with E-state index < -0.39 is 46.0 Å². The molecule has 2 unspecified atom stereocenters. The molecule has 6 aliphatic rings. The monoisotopic (exact) mass is 2070 g/mol. The van der Waals surface area contributed by atoms with Crippen molar-refractivity contribution < 1.29 is 65.5 Å². The van der Waals surface area contributed by atoms with Gasteiger partial charge in [-0.15, -0.1) is 0 Å². The summed E-state index contributed by atoms with van der Waals surface area (Å²) in [5.41, 5.74) is 43.4. The van der Waals surface area contributed by atoms with Crippen molar-refractivity contribution in [1.82, 2.24) is 0 Å². The highest BCUT2D eigenvalue weighted by atomic mass is 32.2. The number of hydrogen-bond acceptors (Lipinski definition) is 21. The number of aliphatic hydroxyl groups is 4. The number of carbonyl (C=O) groups is 4. The molecule has 10 aromatic rings. The fourth-order valence-electron chi connectivity index (χ4n) is 19.8. The van der Waals surface area contributed by atoms with Crippen molar-refractivity contribution in [2.75, 3.05) is 40.2 Å². The van der Waals surface area contributed by atoms with Gasteiger partial charge in [0, 0.05) is 93.9 Å². The van der Waals surface area contributed by atoms with E-state index in [4.69, 9.17) is 50.5 Å². The summed E-state index contributed by atoms with van der Waals surface area (Å²) in [5, 5.41) is 40.3. The third-order valence-electron chi connectivity index (χ3n) is 30.4. The van der Waals surface area contributed by atoms with E-state index in [-0.39, 0.29) is 105 Å². The highest BCUT2D eigenvalue weighted by Crippen LogP contribution is 2.44. The minimum Gasteiger partial charge on any atom is -0.454 e. The molecule has 147 heavy (non-hydrogen) atoms. The highest BCUT2D eigenvalue weighted by Gasteiger charge is 2.35. The molecule has 16 rings (SSSR count). The summed E-state index contributed by atoms with van der Waals surface area (Å²) in [7, 11) is -10.2. The number of Topliss-reactive ketones (excluding diaryl/α,β-unsaturated/α-hetero) is 4. The van der Waals surface area contributed by atoms with Crippen molar-refractivity contribution in [3.05, 3.63) is 276 Å². The number of anilines is 4. The Morgan fingerprint density at radius 2 is 0.605 bits per heavy atom. The van der Waals surface area contributed by atoms with Gasteiger partial charge in [0.25, 0.3) is 0 Å². The molecule has 6 aliphatic carbocycles. The molecule has 0 aliphatic heterocycles. The third kappa shape index (κ3) is 33.2. The fraction of sp³-hybridized carbons (Fsp3) is 0.528. The second-order valence-electron chi connectivity index (χ2n) is 46.1. The van der Waals surface area contributed by atoms with Crippen LogP contribution in [0.5, 0.6) is 0 Å². The lowest BCUT2D eigenvalue weighted by Gasteiger charge is -2.31. The summed E-state index contributed by atoms with van der Waals surface area (Å²) in [6.07, 6.45) is 30.4. The lowest BCUT2D eigenvalue weighted by Crippen LogP contribution is -2.23. The van der Waals surface area contributed by atoms with Crippen molar-refractivity contribution in [3.63, 3.8) is 0 Å². The molecule has 802 valence electrons. The lowest BCUT2D eigenvalue weighted by molar-refractivity contribution is -0.116. The molecular weight excluding hydrogens is 1900 g/mol. The zero-order valence-electron chi connectivity index (χ0n) is 91.5. The molecule has 0 spiro atoms. The molecular formula is C123H173N7O14S3. The van der Waals surface area contributed by atoms with Crippen LogP contribution in [0.15, 0.2) is 199 Å². The van der Waals surface area contributed by atoms with Gasteiger partial charge >= 0.3 is 0 Å². The maximum atomic E-state index is 12.9. The number of nitrogens with one attached hydrogen (secondary N) is 3. The SMILES string of the molecule is CC(C)c1cccc(C(=O)C2CCC2)c1N.CC(C)c1cccc(C(O)C2CCC2)c1N.CC(C)c1cccc(CC2CCC2)c1CC(=O)CS(=N)(=O)c1cc(C(C)(C)O)co1.CC(C)c1cccc(CC2CCC2)c1CC(=O)C[S@@](=N)(=O)c1cc(C(C)(C)O)co1.CC(C)c1cccc(CC2CCC2)c1CC(=O)C[S@](=N)(=O)c1cc(C(C)(C)O)co1.CC(C)c1cccc(CC2CCC2)c1N.CC(C)c1ccccc1N. The Labute approximate surface area is 879 Å². The van der Waals surface area contributed by atoms with Crippen molar-refractivity contribution in [1.29, 1.82) is 14.3 Å². The van der Waals surface area contributed by atoms with Gasteiger partial charge in [-0.25, -0.2) is 27.0 Å². The van der Waals surface area contributed by atoms with E-state index in [0.29, 0.717) is 69.7 Å². The number of hydrogen-bond donors (Lipinski definition) is 11. The van der Waals surface area contributed by atoms with E-state index in [1.54, 1.807) is 41.5 Å². The molecule has 21 nitrogen and oxygen atoms in total. The smallest absolute Gasteiger partial charge is 0.199 e. The third-order valence-corrected chi connectivity index (χ3v) is 35.2. The van der Waals surface area contributed by atoms with Crippen LogP contribution < -0.4 is 22.9 Å². The fourth-order valence-corrected chi connectivity index (χ4v) is 23.5. The van der Waals surface area contributed by atoms with Crippen LogP contribution >= 0.6 is 0 Å². The Kier molecular flexibility index (Phi) is 42.5. The van der Waals surface area contributed by atoms with Gasteiger partial charge in [-0.1, -0.05) is 308 Å². The van der Waals surface area contributed by atoms with E-state index in [1.165, 1.54) is 167 Å². The van der Waals surface area contributed by atoms with Gasteiger partial charge < -0.3 is 56.6 Å². The summed E-state index contributed by atoms with van der Waals surface area (Å²) in [6.45, 7) is 39.4. The molecule has 6 saturated carbocycles. The molecule has 3 heterocycles. The summed E-state index contributed by atoms with van der Waals surface area (Å²) in [4.78, 5) is 50.9. The summed E-state index contributed by atoms with van der Waals surface area (Å²) >= 11 is 0. The second-order valence-corrected chi connectivity index (χ2v) is 52.2. The molecule has 3 aromatic heterocycles. The van der Waals surface area contributed by atoms with Crippen molar-refractivity contribution >= 4 is 75.1 Å². The average Bonchev–Trinajstić information content (AvgIpc) is 1.59. The second kappa shape index (κ2) is 52.6. The molecule has 6 fully saturated rings. The first kappa shape index (κ1) is 119. The van der Waals surface area contributed by atoms with Gasteiger partial charge in [-0.2, -0.15) is 0 Å². The number of carbonyl (C=O) groups excluding carboxylic acids is 4. The molecule has 0 amide bonds. The first-order valence-electron chi connectivity index (χ1n) is 53.8. The number of nitrogens with two attached hydrogens (primary N) is 4. The predicted octanol–water partition coefficient (Wildman–Crippen LogP) is 28.3. The van der Waals surface area contributed by atoms with Gasteiger partial charge in [0.15, 0.2) is 38.4 Å². The van der Waals surface area contributed by atoms with Gasteiger partial charge in [-0.3, -0.25) is 19.2 Å². The number of rotatable bonds is 37. The molecule has 7 aromatic carbocycles. The Morgan fingerprint density at radius 3 is 0.878 bits per heavy atom. The van der Waals surface area contributed by atoms with Crippen LogP contribution in [0.2, 0.25) is 0 Å². The van der Waals surface area contributed by atoms with Crippen LogP contribution in [0.25, 0.3) is 0 Å². The number of para-hydroxylation sites is 4. The Hall–Kier alpha value is -10.1. The number of aliphatic hydroxyl groups excluding tert-OH is 1. The van der Waals surface area contributed by atoms with Crippen LogP contribution in [0.3, 0.4) is 0 Å². The first-order valence-corrected chi connectivity index (χ1v) is 59.0. The zero-order chi connectivity index (χ0) is 108. The minimum absolute atomic E-state index is 0.0557. The van der Waals surface area contributed by atoms with Crippen LogP contribution in [-0.2, 0) is 105 Å².